The maximum atomic E-state index is 13.3. The van der Waals surface area contributed by atoms with Crippen molar-refractivity contribution in [2.75, 3.05) is 20.1 Å². The van der Waals surface area contributed by atoms with Crippen LogP contribution >= 0.6 is 0 Å². The lowest BCUT2D eigenvalue weighted by molar-refractivity contribution is -0.142. The van der Waals surface area contributed by atoms with Gasteiger partial charge in [0.1, 0.15) is 6.04 Å². The van der Waals surface area contributed by atoms with Crippen LogP contribution in [0.5, 0.6) is 0 Å². The first-order valence-electron chi connectivity index (χ1n) is 8.43. The van der Waals surface area contributed by atoms with E-state index in [9.17, 15) is 18.4 Å². The molecule has 6 heteroatoms. The van der Waals surface area contributed by atoms with E-state index in [1.807, 2.05) is 0 Å². The second-order valence-electron chi connectivity index (χ2n) is 6.69. The lowest BCUT2D eigenvalue weighted by Gasteiger charge is -2.46. The molecule has 1 amide bonds. The van der Waals surface area contributed by atoms with Crippen molar-refractivity contribution in [1.82, 2.24) is 9.80 Å². The molecular formula is C18H22F2N2O2. The quantitative estimate of drug-likeness (QED) is 0.846. The Balaban J connectivity index is 1.72. The maximum absolute atomic E-state index is 13.3. The van der Waals surface area contributed by atoms with Gasteiger partial charge in [-0.3, -0.25) is 14.5 Å². The fourth-order valence-electron chi connectivity index (χ4n) is 3.64. The number of benzene rings is 1. The van der Waals surface area contributed by atoms with Gasteiger partial charge in [-0.1, -0.05) is 6.07 Å². The Bertz CT molecular complexity index is 646. The van der Waals surface area contributed by atoms with Gasteiger partial charge in [0.15, 0.2) is 17.4 Å². The number of ketones is 1. The zero-order chi connectivity index (χ0) is 17.3. The van der Waals surface area contributed by atoms with E-state index in [2.05, 4.69) is 4.90 Å². The summed E-state index contributed by atoms with van der Waals surface area (Å²) in [7, 11) is 1.64. The molecule has 0 bridgehead atoms. The Labute approximate surface area is 140 Å². The standard InChI is InChI=1S/C18H22F2N2O2/c1-21(17(24)11-12-6-7-13(19)14(20)10-12)18-15(22-8-3-9-22)4-2-5-16(18)23/h6-7,10,15,18H,2-5,8-9,11H2,1H3/t15-,18+/m1/s1. The first-order valence-corrected chi connectivity index (χ1v) is 8.43. The molecule has 2 aliphatic rings. The lowest BCUT2D eigenvalue weighted by Crippen LogP contribution is -2.61. The Kier molecular flexibility index (Phi) is 4.94. The van der Waals surface area contributed by atoms with Crippen LogP contribution in [0.25, 0.3) is 0 Å². The minimum absolute atomic E-state index is 0.0375. The molecule has 0 N–H and O–H groups in total. The van der Waals surface area contributed by atoms with Crippen LogP contribution in [0, 0.1) is 11.6 Å². The molecule has 1 aliphatic heterocycles. The lowest BCUT2D eigenvalue weighted by atomic mass is 9.85. The van der Waals surface area contributed by atoms with Crippen LogP contribution in [0.15, 0.2) is 18.2 Å². The first-order chi connectivity index (χ1) is 11.5. The van der Waals surface area contributed by atoms with Gasteiger partial charge in [0.2, 0.25) is 5.91 Å². The summed E-state index contributed by atoms with van der Waals surface area (Å²) in [6, 6.07) is 3.11. The van der Waals surface area contributed by atoms with Gasteiger partial charge in [-0.25, -0.2) is 8.78 Å². The highest BCUT2D eigenvalue weighted by Crippen LogP contribution is 2.28. The molecule has 1 aromatic carbocycles. The van der Waals surface area contributed by atoms with Crippen molar-refractivity contribution in [3.63, 3.8) is 0 Å². The number of hydrogen-bond donors (Lipinski definition) is 0. The van der Waals surface area contributed by atoms with Crippen LogP contribution in [0.2, 0.25) is 0 Å². The molecule has 130 valence electrons. The number of carbonyl (C=O) groups is 2. The number of likely N-dealkylation sites (N-methyl/N-ethyl adjacent to an activating group) is 1. The monoisotopic (exact) mass is 336 g/mol. The van der Waals surface area contributed by atoms with E-state index in [1.165, 1.54) is 11.0 Å². The molecule has 1 saturated carbocycles. The molecule has 2 atom stereocenters. The molecule has 0 radical (unpaired) electrons. The predicted molar refractivity (Wildman–Crippen MR) is 85.5 cm³/mol. The maximum Gasteiger partial charge on any atom is 0.227 e. The van der Waals surface area contributed by atoms with E-state index in [0.29, 0.717) is 12.0 Å². The van der Waals surface area contributed by atoms with Crippen LogP contribution in [0.3, 0.4) is 0 Å². The largest absolute Gasteiger partial charge is 0.334 e. The summed E-state index contributed by atoms with van der Waals surface area (Å²) < 4.78 is 26.3. The summed E-state index contributed by atoms with van der Waals surface area (Å²) in [6.07, 6.45) is 3.37. The van der Waals surface area contributed by atoms with E-state index in [-0.39, 0.29) is 24.2 Å². The molecule has 0 aromatic heterocycles. The van der Waals surface area contributed by atoms with Crippen molar-refractivity contribution in [2.45, 2.75) is 44.2 Å². The Morgan fingerprint density at radius 3 is 2.62 bits per heavy atom. The van der Waals surface area contributed by atoms with E-state index in [0.717, 1.165) is 44.5 Å². The second kappa shape index (κ2) is 6.97. The third kappa shape index (κ3) is 3.34. The fraction of sp³-hybridized carbons (Fsp3) is 0.556. The summed E-state index contributed by atoms with van der Waals surface area (Å²) in [5.41, 5.74) is 0.412. The zero-order valence-electron chi connectivity index (χ0n) is 13.8. The topological polar surface area (TPSA) is 40.6 Å². The molecule has 1 saturated heterocycles. The SMILES string of the molecule is CN(C(=O)Cc1ccc(F)c(F)c1)[C@@H]1C(=O)CCC[C@H]1N1CCC1. The smallest absolute Gasteiger partial charge is 0.227 e. The van der Waals surface area contributed by atoms with E-state index < -0.39 is 17.7 Å². The van der Waals surface area contributed by atoms with Crippen molar-refractivity contribution in [3.8, 4) is 0 Å². The van der Waals surface area contributed by atoms with Crippen molar-refractivity contribution in [3.05, 3.63) is 35.4 Å². The third-order valence-corrected chi connectivity index (χ3v) is 5.13. The molecule has 2 fully saturated rings. The summed E-state index contributed by atoms with van der Waals surface area (Å²) >= 11 is 0. The van der Waals surface area contributed by atoms with Gasteiger partial charge in [0.05, 0.1) is 6.42 Å². The Morgan fingerprint density at radius 1 is 1.25 bits per heavy atom. The highest BCUT2D eigenvalue weighted by atomic mass is 19.2. The van der Waals surface area contributed by atoms with E-state index >= 15 is 0 Å². The molecule has 3 rings (SSSR count). The highest BCUT2D eigenvalue weighted by molar-refractivity contribution is 5.90. The molecule has 1 aromatic rings. The average molecular weight is 336 g/mol. The molecule has 4 nitrogen and oxygen atoms in total. The van der Waals surface area contributed by atoms with Crippen molar-refractivity contribution in [2.24, 2.45) is 0 Å². The van der Waals surface area contributed by atoms with Crippen LogP contribution in [-0.2, 0) is 16.0 Å². The van der Waals surface area contributed by atoms with E-state index in [4.69, 9.17) is 0 Å². The number of likely N-dealkylation sites (tertiary alicyclic amines) is 1. The van der Waals surface area contributed by atoms with Gasteiger partial charge in [-0.2, -0.15) is 0 Å². The predicted octanol–water partition coefficient (Wildman–Crippen LogP) is 2.16. The molecule has 1 heterocycles. The molecule has 1 aliphatic carbocycles. The Hall–Kier alpha value is -1.82. The number of halogens is 2. The second-order valence-corrected chi connectivity index (χ2v) is 6.69. The van der Waals surface area contributed by atoms with Crippen LogP contribution in [0.4, 0.5) is 8.78 Å². The van der Waals surface area contributed by atoms with Crippen molar-refractivity contribution < 1.29 is 18.4 Å². The molecule has 0 unspecified atom stereocenters. The molecule has 24 heavy (non-hydrogen) atoms. The molecular weight excluding hydrogens is 314 g/mol. The summed E-state index contributed by atoms with van der Waals surface area (Å²) in [5, 5.41) is 0. The number of nitrogens with zero attached hydrogens (tertiary/aromatic N) is 2. The minimum Gasteiger partial charge on any atom is -0.334 e. The van der Waals surface area contributed by atoms with Crippen LogP contribution < -0.4 is 0 Å². The molecule has 0 spiro atoms. The first kappa shape index (κ1) is 17.0. The highest BCUT2D eigenvalue weighted by Gasteiger charge is 2.41. The third-order valence-electron chi connectivity index (χ3n) is 5.13. The minimum atomic E-state index is -0.963. The summed E-state index contributed by atoms with van der Waals surface area (Å²) in [4.78, 5) is 28.8. The van der Waals surface area contributed by atoms with Crippen molar-refractivity contribution in [1.29, 1.82) is 0 Å². The van der Waals surface area contributed by atoms with Crippen LogP contribution in [-0.4, -0.2) is 53.7 Å². The average Bonchev–Trinajstić information content (AvgIpc) is 2.49. The summed E-state index contributed by atoms with van der Waals surface area (Å²) in [5.74, 6) is -2.04. The zero-order valence-corrected chi connectivity index (χ0v) is 13.8. The Morgan fingerprint density at radius 2 is 2.00 bits per heavy atom. The normalized spacial score (nSPS) is 24.5. The van der Waals surface area contributed by atoms with E-state index in [1.54, 1.807) is 7.05 Å². The van der Waals surface area contributed by atoms with Gasteiger partial charge in [-0.15, -0.1) is 0 Å². The van der Waals surface area contributed by atoms with Crippen LogP contribution in [0.1, 0.15) is 31.2 Å². The number of amides is 1. The van der Waals surface area contributed by atoms with Gasteiger partial charge >= 0.3 is 0 Å². The number of Topliss-reactive ketones (excluding diaryl/α,β-unsaturated/α-hetero) is 1. The fourth-order valence-corrected chi connectivity index (χ4v) is 3.64. The summed E-state index contributed by atoms with van der Waals surface area (Å²) in [6.45, 7) is 1.94. The number of rotatable bonds is 4. The number of carbonyl (C=O) groups excluding carboxylic acids is 2. The van der Waals surface area contributed by atoms with Gasteiger partial charge < -0.3 is 4.90 Å². The van der Waals surface area contributed by atoms with Gasteiger partial charge in [0, 0.05) is 19.5 Å². The number of hydrogen-bond acceptors (Lipinski definition) is 3. The van der Waals surface area contributed by atoms with Gasteiger partial charge in [-0.05, 0) is 50.0 Å². The van der Waals surface area contributed by atoms with Gasteiger partial charge in [0.25, 0.3) is 0 Å². The van der Waals surface area contributed by atoms with Crippen molar-refractivity contribution >= 4 is 11.7 Å².